The Morgan fingerprint density at radius 2 is 1.96 bits per heavy atom. The summed E-state index contributed by atoms with van der Waals surface area (Å²) in [6, 6.07) is 10.4. The van der Waals surface area contributed by atoms with Gasteiger partial charge in [0.2, 0.25) is 11.8 Å². The van der Waals surface area contributed by atoms with Gasteiger partial charge in [-0.15, -0.1) is 0 Å². The number of nitrogens with one attached hydrogen (secondary N) is 2. The minimum Gasteiger partial charge on any atom is -0.343 e. The van der Waals surface area contributed by atoms with Crippen molar-refractivity contribution in [3.05, 3.63) is 53.7 Å². The normalized spacial score (nSPS) is 13.6. The van der Waals surface area contributed by atoms with Gasteiger partial charge in [0.05, 0.1) is 6.54 Å². The van der Waals surface area contributed by atoms with Gasteiger partial charge in [0.15, 0.2) is 0 Å². The molecule has 1 aromatic carbocycles. The number of amides is 3. The summed E-state index contributed by atoms with van der Waals surface area (Å²) in [6.45, 7) is 2.40. The van der Waals surface area contributed by atoms with E-state index in [4.69, 9.17) is 0 Å². The van der Waals surface area contributed by atoms with Crippen molar-refractivity contribution in [3.8, 4) is 0 Å². The van der Waals surface area contributed by atoms with Crippen molar-refractivity contribution in [2.24, 2.45) is 0 Å². The lowest BCUT2D eigenvalue weighted by Gasteiger charge is -2.15. The summed E-state index contributed by atoms with van der Waals surface area (Å²) in [5.41, 5.74) is 2.06. The molecule has 0 bridgehead atoms. The number of anilines is 2. The zero-order valence-electron chi connectivity index (χ0n) is 14.5. The first-order valence-electron chi connectivity index (χ1n) is 8.44. The fourth-order valence-electron chi connectivity index (χ4n) is 2.77. The van der Waals surface area contributed by atoms with Gasteiger partial charge in [0, 0.05) is 30.4 Å². The summed E-state index contributed by atoms with van der Waals surface area (Å²) < 4.78 is 0. The average molecular weight is 352 g/mol. The zero-order chi connectivity index (χ0) is 18.5. The van der Waals surface area contributed by atoms with E-state index in [1.165, 1.54) is 0 Å². The minimum absolute atomic E-state index is 0.101. The Labute approximate surface area is 151 Å². The molecule has 1 aromatic heterocycles. The van der Waals surface area contributed by atoms with E-state index in [9.17, 15) is 14.4 Å². The van der Waals surface area contributed by atoms with Gasteiger partial charge in [-0.3, -0.25) is 14.4 Å². The Morgan fingerprint density at radius 1 is 1.19 bits per heavy atom. The SMILES string of the molecule is Cc1cccnc1NC(=O)CNC(=O)c1ccc(N2CCCC2=O)cc1. The molecule has 134 valence electrons. The molecule has 2 N–H and O–H groups in total. The number of aromatic nitrogens is 1. The second-order valence-electron chi connectivity index (χ2n) is 6.10. The third kappa shape index (κ3) is 4.05. The molecule has 0 radical (unpaired) electrons. The van der Waals surface area contributed by atoms with Crippen molar-refractivity contribution in [2.75, 3.05) is 23.3 Å². The van der Waals surface area contributed by atoms with Crippen molar-refractivity contribution in [3.63, 3.8) is 0 Å². The summed E-state index contributed by atoms with van der Waals surface area (Å²) in [5.74, 6) is -0.119. The third-order valence-corrected chi connectivity index (χ3v) is 4.19. The monoisotopic (exact) mass is 352 g/mol. The lowest BCUT2D eigenvalue weighted by molar-refractivity contribution is -0.117. The van der Waals surface area contributed by atoms with E-state index in [2.05, 4.69) is 15.6 Å². The predicted octanol–water partition coefficient (Wildman–Crippen LogP) is 1.89. The fourth-order valence-corrected chi connectivity index (χ4v) is 2.77. The van der Waals surface area contributed by atoms with Gasteiger partial charge in [-0.1, -0.05) is 6.07 Å². The van der Waals surface area contributed by atoms with Crippen LogP contribution in [0, 0.1) is 6.92 Å². The maximum atomic E-state index is 12.2. The molecule has 7 nitrogen and oxygen atoms in total. The second-order valence-corrected chi connectivity index (χ2v) is 6.10. The standard InChI is InChI=1S/C19H20N4O3/c1-13-4-2-10-20-18(13)22-16(24)12-21-19(26)14-6-8-15(9-7-14)23-11-3-5-17(23)25/h2,4,6-10H,3,5,11-12H2,1H3,(H,21,26)(H,20,22,24). The third-order valence-electron chi connectivity index (χ3n) is 4.19. The first-order valence-corrected chi connectivity index (χ1v) is 8.44. The molecule has 0 saturated carbocycles. The van der Waals surface area contributed by atoms with Crippen LogP contribution < -0.4 is 15.5 Å². The van der Waals surface area contributed by atoms with E-state index in [0.29, 0.717) is 24.3 Å². The highest BCUT2D eigenvalue weighted by Crippen LogP contribution is 2.21. The molecule has 1 saturated heterocycles. The number of carbonyl (C=O) groups excluding carboxylic acids is 3. The van der Waals surface area contributed by atoms with Gasteiger partial charge in [0.1, 0.15) is 5.82 Å². The number of hydrogen-bond acceptors (Lipinski definition) is 4. The Balaban J connectivity index is 1.54. The maximum Gasteiger partial charge on any atom is 0.251 e. The van der Waals surface area contributed by atoms with Gasteiger partial charge >= 0.3 is 0 Å². The van der Waals surface area contributed by atoms with Crippen molar-refractivity contribution in [2.45, 2.75) is 19.8 Å². The highest BCUT2D eigenvalue weighted by atomic mass is 16.2. The van der Waals surface area contributed by atoms with Crippen LogP contribution in [0.1, 0.15) is 28.8 Å². The number of aryl methyl sites for hydroxylation is 1. The van der Waals surface area contributed by atoms with E-state index in [-0.39, 0.29) is 24.3 Å². The topological polar surface area (TPSA) is 91.4 Å². The van der Waals surface area contributed by atoms with Gasteiger partial charge in [-0.2, -0.15) is 0 Å². The largest absolute Gasteiger partial charge is 0.343 e. The quantitative estimate of drug-likeness (QED) is 0.860. The molecule has 26 heavy (non-hydrogen) atoms. The van der Waals surface area contributed by atoms with Crippen LogP contribution in [-0.4, -0.2) is 35.8 Å². The van der Waals surface area contributed by atoms with Crippen LogP contribution in [0.4, 0.5) is 11.5 Å². The Hall–Kier alpha value is -3.22. The molecule has 7 heteroatoms. The smallest absolute Gasteiger partial charge is 0.251 e. The van der Waals surface area contributed by atoms with Crippen molar-refractivity contribution in [1.29, 1.82) is 0 Å². The molecule has 0 spiro atoms. The lowest BCUT2D eigenvalue weighted by atomic mass is 10.2. The van der Waals surface area contributed by atoms with Crippen molar-refractivity contribution in [1.82, 2.24) is 10.3 Å². The summed E-state index contributed by atoms with van der Waals surface area (Å²) in [5, 5.41) is 5.24. The molecule has 0 unspecified atom stereocenters. The Kier molecular flexibility index (Phi) is 5.26. The number of benzene rings is 1. The number of nitrogens with zero attached hydrogens (tertiary/aromatic N) is 2. The number of hydrogen-bond donors (Lipinski definition) is 2. The molecular weight excluding hydrogens is 332 g/mol. The van der Waals surface area contributed by atoms with Crippen LogP contribution in [0.5, 0.6) is 0 Å². The molecule has 3 amide bonds. The first-order chi connectivity index (χ1) is 12.5. The number of rotatable bonds is 5. The lowest BCUT2D eigenvalue weighted by Crippen LogP contribution is -2.33. The van der Waals surface area contributed by atoms with Gasteiger partial charge < -0.3 is 15.5 Å². The first kappa shape index (κ1) is 17.6. The van der Waals surface area contributed by atoms with E-state index in [1.54, 1.807) is 41.4 Å². The molecule has 0 atom stereocenters. The highest BCUT2D eigenvalue weighted by Gasteiger charge is 2.21. The molecule has 1 aliphatic rings. The molecule has 1 fully saturated rings. The molecule has 2 heterocycles. The summed E-state index contributed by atoms with van der Waals surface area (Å²) in [6.07, 6.45) is 3.01. The van der Waals surface area contributed by atoms with E-state index < -0.39 is 0 Å². The van der Waals surface area contributed by atoms with Crippen LogP contribution >= 0.6 is 0 Å². The number of pyridine rings is 1. The minimum atomic E-state index is -0.350. The van der Waals surface area contributed by atoms with E-state index in [0.717, 1.165) is 17.7 Å². The summed E-state index contributed by atoms with van der Waals surface area (Å²) in [4.78, 5) is 41.7. The fraction of sp³-hybridized carbons (Fsp3) is 0.263. The highest BCUT2D eigenvalue weighted by molar-refractivity contribution is 6.00. The van der Waals surface area contributed by atoms with E-state index >= 15 is 0 Å². The van der Waals surface area contributed by atoms with Crippen molar-refractivity contribution < 1.29 is 14.4 Å². The molecular formula is C19H20N4O3. The maximum absolute atomic E-state index is 12.2. The van der Waals surface area contributed by atoms with E-state index in [1.807, 2.05) is 13.0 Å². The van der Waals surface area contributed by atoms with Gasteiger partial charge in [-0.05, 0) is 49.2 Å². The van der Waals surface area contributed by atoms with Crippen LogP contribution in [0.15, 0.2) is 42.6 Å². The van der Waals surface area contributed by atoms with Crippen LogP contribution in [0.25, 0.3) is 0 Å². The van der Waals surface area contributed by atoms with Crippen molar-refractivity contribution >= 4 is 29.2 Å². The summed E-state index contributed by atoms with van der Waals surface area (Å²) in [7, 11) is 0. The molecule has 1 aliphatic heterocycles. The van der Waals surface area contributed by atoms with Gasteiger partial charge in [-0.25, -0.2) is 4.98 Å². The van der Waals surface area contributed by atoms with Gasteiger partial charge in [0.25, 0.3) is 5.91 Å². The Bertz CT molecular complexity index is 833. The average Bonchev–Trinajstić information content (AvgIpc) is 3.08. The number of carbonyl (C=O) groups is 3. The summed E-state index contributed by atoms with van der Waals surface area (Å²) >= 11 is 0. The predicted molar refractivity (Wildman–Crippen MR) is 98.0 cm³/mol. The molecule has 3 rings (SSSR count). The Morgan fingerprint density at radius 3 is 2.62 bits per heavy atom. The molecule has 0 aliphatic carbocycles. The zero-order valence-corrected chi connectivity index (χ0v) is 14.5. The van der Waals surface area contributed by atoms with Crippen LogP contribution in [0.3, 0.4) is 0 Å². The van der Waals surface area contributed by atoms with Crippen LogP contribution in [-0.2, 0) is 9.59 Å². The second kappa shape index (κ2) is 7.77. The molecule has 2 aromatic rings. The van der Waals surface area contributed by atoms with Crippen LogP contribution in [0.2, 0.25) is 0 Å².